The van der Waals surface area contributed by atoms with Crippen molar-refractivity contribution in [3.63, 3.8) is 0 Å². The second-order valence-electron chi connectivity index (χ2n) is 6.40. The van der Waals surface area contributed by atoms with Crippen molar-refractivity contribution in [2.75, 3.05) is 31.5 Å². The third-order valence-corrected chi connectivity index (χ3v) is 4.51. The largest absolute Gasteiger partial charge is 0.324 e. The fraction of sp³-hybridized carbons (Fsp3) is 0.300. The van der Waals surface area contributed by atoms with Crippen molar-refractivity contribution in [1.29, 1.82) is 0 Å². The molecule has 1 atom stereocenters. The number of nitrogens with zero attached hydrogens (tertiary/aromatic N) is 1. The Morgan fingerprint density at radius 3 is 2.74 bits per heavy atom. The van der Waals surface area contributed by atoms with Crippen LogP contribution in [0.5, 0.6) is 0 Å². The van der Waals surface area contributed by atoms with E-state index >= 15 is 0 Å². The number of benzene rings is 2. The molecule has 0 aromatic heterocycles. The van der Waals surface area contributed by atoms with Crippen LogP contribution in [0, 0.1) is 5.82 Å². The van der Waals surface area contributed by atoms with Crippen molar-refractivity contribution in [2.45, 2.75) is 13.0 Å². The molecule has 1 fully saturated rings. The molecule has 1 unspecified atom stereocenters. The van der Waals surface area contributed by atoms with Crippen molar-refractivity contribution in [3.05, 3.63) is 65.5 Å². The van der Waals surface area contributed by atoms with Gasteiger partial charge in [0.05, 0.1) is 12.2 Å². The van der Waals surface area contributed by atoms with Crippen LogP contribution in [0.3, 0.4) is 0 Å². The number of anilines is 1. The molecule has 27 heavy (non-hydrogen) atoms. The molecule has 3 rings (SSSR count). The number of nitrogens with one attached hydrogen (secondary N) is 2. The molecule has 1 saturated heterocycles. The van der Waals surface area contributed by atoms with E-state index < -0.39 is 0 Å². The maximum absolute atomic E-state index is 13.6. The van der Waals surface area contributed by atoms with Gasteiger partial charge in [0.25, 0.3) is 0 Å². The zero-order chi connectivity index (χ0) is 18.5. The van der Waals surface area contributed by atoms with Crippen molar-refractivity contribution in [2.24, 2.45) is 0 Å². The lowest BCUT2D eigenvalue weighted by Gasteiger charge is -2.36. The molecule has 2 N–H and O–H groups in total. The van der Waals surface area contributed by atoms with Crippen molar-refractivity contribution in [3.8, 4) is 0 Å². The number of amides is 1. The number of piperazine rings is 1. The Bertz CT molecular complexity index is 815. The van der Waals surface area contributed by atoms with Crippen LogP contribution in [0.2, 0.25) is 0 Å². The molecule has 0 radical (unpaired) electrons. The third-order valence-electron chi connectivity index (χ3n) is 4.51. The monoisotopic (exact) mass is 391 g/mol. The first kappa shape index (κ1) is 21.0. The van der Waals surface area contributed by atoms with Crippen LogP contribution < -0.4 is 10.6 Å². The number of carbonyl (C=O) groups is 2. The maximum atomic E-state index is 13.6. The highest BCUT2D eigenvalue weighted by Gasteiger charge is 2.26. The minimum absolute atomic E-state index is 0. The Morgan fingerprint density at radius 1 is 1.22 bits per heavy atom. The highest BCUT2D eigenvalue weighted by atomic mass is 35.5. The number of hydrogen-bond acceptors (Lipinski definition) is 4. The summed E-state index contributed by atoms with van der Waals surface area (Å²) in [6.07, 6.45) is 0. The summed E-state index contributed by atoms with van der Waals surface area (Å²) in [6, 6.07) is 13.4. The molecule has 0 bridgehead atoms. The van der Waals surface area contributed by atoms with Gasteiger partial charge in [0, 0.05) is 31.2 Å². The molecule has 0 aliphatic carbocycles. The lowest BCUT2D eigenvalue weighted by atomic mass is 10.0. The minimum atomic E-state index is -0.284. The van der Waals surface area contributed by atoms with E-state index in [1.54, 1.807) is 30.3 Å². The van der Waals surface area contributed by atoms with Gasteiger partial charge in [0.2, 0.25) is 5.91 Å². The lowest BCUT2D eigenvalue weighted by Crippen LogP contribution is -2.48. The third kappa shape index (κ3) is 5.35. The van der Waals surface area contributed by atoms with Crippen LogP contribution in [0.1, 0.15) is 28.9 Å². The molecule has 1 aliphatic heterocycles. The number of halogens is 2. The summed E-state index contributed by atoms with van der Waals surface area (Å²) in [7, 11) is 0. The highest BCUT2D eigenvalue weighted by molar-refractivity contribution is 6.04. The van der Waals surface area contributed by atoms with Crippen LogP contribution in [0.25, 0.3) is 0 Å². The predicted molar refractivity (Wildman–Crippen MR) is 106 cm³/mol. The second kappa shape index (κ2) is 9.60. The lowest BCUT2D eigenvalue weighted by molar-refractivity contribution is -0.118. The van der Waals surface area contributed by atoms with Crippen molar-refractivity contribution >= 4 is 29.8 Å². The van der Waals surface area contributed by atoms with Gasteiger partial charge in [-0.25, -0.2) is 4.39 Å². The SMILES string of the molecule is CC(=O)c1ccccc1NC(=O)CN1CCNCC1c1cccc(F)c1.Cl. The minimum Gasteiger partial charge on any atom is -0.324 e. The van der Waals surface area contributed by atoms with Gasteiger partial charge in [0.15, 0.2) is 5.78 Å². The molecule has 7 heteroatoms. The fourth-order valence-corrected chi connectivity index (χ4v) is 3.25. The Balaban J connectivity index is 0.00000261. The van der Waals surface area contributed by atoms with Crippen LogP contribution in [0.4, 0.5) is 10.1 Å². The Morgan fingerprint density at radius 2 is 2.00 bits per heavy atom. The van der Waals surface area contributed by atoms with Gasteiger partial charge in [-0.3, -0.25) is 14.5 Å². The van der Waals surface area contributed by atoms with E-state index in [-0.39, 0.29) is 42.5 Å². The van der Waals surface area contributed by atoms with Gasteiger partial charge in [-0.1, -0.05) is 24.3 Å². The summed E-state index contributed by atoms with van der Waals surface area (Å²) in [4.78, 5) is 26.3. The number of ketones is 1. The Kier molecular flexibility index (Phi) is 7.47. The number of para-hydroxylation sites is 1. The van der Waals surface area contributed by atoms with Crippen molar-refractivity contribution in [1.82, 2.24) is 10.2 Å². The molecular weight excluding hydrogens is 369 g/mol. The Hall–Kier alpha value is -2.28. The molecule has 0 spiro atoms. The average Bonchev–Trinajstić information content (AvgIpc) is 2.62. The van der Waals surface area contributed by atoms with Crippen LogP contribution in [-0.4, -0.2) is 42.8 Å². The van der Waals surface area contributed by atoms with E-state index in [9.17, 15) is 14.0 Å². The van der Waals surface area contributed by atoms with Gasteiger partial charge in [-0.2, -0.15) is 0 Å². The predicted octanol–water partition coefficient (Wildman–Crippen LogP) is 3.04. The first-order valence-electron chi connectivity index (χ1n) is 8.64. The summed E-state index contributed by atoms with van der Waals surface area (Å²) in [5.74, 6) is -0.574. The van der Waals surface area contributed by atoms with Gasteiger partial charge < -0.3 is 10.6 Å². The molecule has 1 heterocycles. The first-order valence-corrected chi connectivity index (χ1v) is 8.64. The second-order valence-corrected chi connectivity index (χ2v) is 6.40. The molecule has 144 valence electrons. The molecular formula is C20H23ClFN3O2. The number of rotatable bonds is 5. The van der Waals surface area contributed by atoms with Gasteiger partial charge in [-0.15, -0.1) is 12.4 Å². The number of hydrogen-bond donors (Lipinski definition) is 2. The zero-order valence-electron chi connectivity index (χ0n) is 15.1. The summed E-state index contributed by atoms with van der Waals surface area (Å²) in [6.45, 7) is 3.75. The highest BCUT2D eigenvalue weighted by Crippen LogP contribution is 2.23. The zero-order valence-corrected chi connectivity index (χ0v) is 15.9. The molecule has 2 aromatic rings. The molecule has 1 amide bonds. The molecule has 1 aliphatic rings. The molecule has 2 aromatic carbocycles. The fourth-order valence-electron chi connectivity index (χ4n) is 3.25. The quantitative estimate of drug-likeness (QED) is 0.769. The average molecular weight is 392 g/mol. The molecule has 5 nitrogen and oxygen atoms in total. The standard InChI is InChI=1S/C20H22FN3O2.ClH/c1-14(25)17-7-2-3-8-18(17)23-20(26)13-24-10-9-22-12-19(24)15-5-4-6-16(21)11-15;/h2-8,11,19,22H,9-10,12-13H2,1H3,(H,23,26);1H. The van der Waals surface area contributed by atoms with E-state index in [0.29, 0.717) is 24.3 Å². The van der Waals surface area contributed by atoms with E-state index in [1.165, 1.54) is 19.1 Å². The summed E-state index contributed by atoms with van der Waals surface area (Å²) in [5, 5.41) is 6.12. The van der Waals surface area contributed by atoms with E-state index in [2.05, 4.69) is 10.6 Å². The van der Waals surface area contributed by atoms with E-state index in [0.717, 1.165) is 12.1 Å². The Labute approximate surface area is 164 Å². The van der Waals surface area contributed by atoms with Crippen molar-refractivity contribution < 1.29 is 14.0 Å². The number of Topliss-reactive ketones (excluding diaryl/α,β-unsaturated/α-hetero) is 1. The summed E-state index contributed by atoms with van der Waals surface area (Å²) < 4.78 is 13.6. The van der Waals surface area contributed by atoms with Gasteiger partial charge in [-0.05, 0) is 36.8 Å². The molecule has 0 saturated carbocycles. The topological polar surface area (TPSA) is 61.4 Å². The smallest absolute Gasteiger partial charge is 0.238 e. The van der Waals surface area contributed by atoms with Crippen LogP contribution in [0.15, 0.2) is 48.5 Å². The van der Waals surface area contributed by atoms with Crippen LogP contribution in [-0.2, 0) is 4.79 Å². The maximum Gasteiger partial charge on any atom is 0.238 e. The van der Waals surface area contributed by atoms with Crippen LogP contribution >= 0.6 is 12.4 Å². The first-order chi connectivity index (χ1) is 12.5. The van der Waals surface area contributed by atoms with E-state index in [1.807, 2.05) is 11.0 Å². The van der Waals surface area contributed by atoms with E-state index in [4.69, 9.17) is 0 Å². The number of carbonyl (C=O) groups excluding carboxylic acids is 2. The summed E-state index contributed by atoms with van der Waals surface area (Å²) in [5.41, 5.74) is 1.85. The normalized spacial score (nSPS) is 17.0. The summed E-state index contributed by atoms with van der Waals surface area (Å²) >= 11 is 0. The van der Waals surface area contributed by atoms with Gasteiger partial charge >= 0.3 is 0 Å². The van der Waals surface area contributed by atoms with Gasteiger partial charge in [0.1, 0.15) is 5.82 Å².